The molecule has 0 radical (unpaired) electrons. The van der Waals surface area contributed by atoms with E-state index in [1.807, 2.05) is 0 Å². The van der Waals surface area contributed by atoms with Crippen LogP contribution in [0.5, 0.6) is 0 Å². The van der Waals surface area contributed by atoms with E-state index >= 15 is 0 Å². The van der Waals surface area contributed by atoms with Crippen molar-refractivity contribution in [1.82, 2.24) is 9.97 Å². The first-order valence-electron chi connectivity index (χ1n) is 10.6. The molecule has 3 rings (SSSR count). The van der Waals surface area contributed by atoms with Gasteiger partial charge in [0.2, 0.25) is 0 Å². The second-order valence-corrected chi connectivity index (χ2v) is 7.63. The van der Waals surface area contributed by atoms with Crippen LogP contribution in [0.15, 0.2) is 16.5 Å². The quantitative estimate of drug-likeness (QED) is 0.286. The van der Waals surface area contributed by atoms with Crippen molar-refractivity contribution < 1.29 is 28.4 Å². The maximum atomic E-state index is 12.9. The Hall–Kier alpha value is -3.82. The molecule has 3 heterocycles. The Morgan fingerprint density at radius 1 is 0.939 bits per heavy atom. The number of aryl methyl sites for hydroxylation is 2. The summed E-state index contributed by atoms with van der Waals surface area (Å²) >= 11 is 0. The van der Waals surface area contributed by atoms with Crippen LogP contribution in [0.3, 0.4) is 0 Å². The van der Waals surface area contributed by atoms with E-state index in [4.69, 9.17) is 13.9 Å². The third-order valence-electron chi connectivity index (χ3n) is 5.67. The highest BCUT2D eigenvalue weighted by atomic mass is 16.6. The van der Waals surface area contributed by atoms with Gasteiger partial charge in [0.25, 0.3) is 0 Å². The molecule has 0 spiro atoms. The van der Waals surface area contributed by atoms with Gasteiger partial charge in [-0.1, -0.05) is 0 Å². The van der Waals surface area contributed by atoms with Crippen molar-refractivity contribution in [2.45, 2.75) is 47.5 Å². The molecule has 0 aliphatic rings. The van der Waals surface area contributed by atoms with Gasteiger partial charge in [0.15, 0.2) is 0 Å². The number of furan rings is 1. The Bertz CT molecular complexity index is 1150. The molecule has 0 unspecified atom stereocenters. The van der Waals surface area contributed by atoms with Gasteiger partial charge < -0.3 is 23.9 Å². The molecule has 0 bridgehead atoms. The second kappa shape index (κ2) is 9.35. The Balaban J connectivity index is 2.35. The van der Waals surface area contributed by atoms with E-state index in [9.17, 15) is 19.7 Å². The number of ether oxygens (including phenoxy) is 2. The van der Waals surface area contributed by atoms with E-state index in [0.717, 1.165) is 11.4 Å². The molecule has 0 atom stereocenters. The minimum atomic E-state index is -0.864. The predicted octanol–water partition coefficient (Wildman–Crippen LogP) is 4.61. The van der Waals surface area contributed by atoms with Crippen LogP contribution < -0.4 is 0 Å². The molecular formula is C23H27N3O7. The number of hydrogen-bond acceptors (Lipinski definition) is 7. The number of carbonyl (C=O) groups excluding carboxylic acids is 2. The predicted molar refractivity (Wildman–Crippen MR) is 119 cm³/mol. The number of nitro groups is 1. The highest BCUT2D eigenvalue weighted by Crippen LogP contribution is 2.40. The van der Waals surface area contributed by atoms with Crippen LogP contribution in [-0.2, 0) is 9.47 Å². The van der Waals surface area contributed by atoms with Crippen LogP contribution in [0.1, 0.15) is 80.1 Å². The van der Waals surface area contributed by atoms with E-state index in [1.165, 1.54) is 12.1 Å². The zero-order valence-electron chi connectivity index (χ0n) is 19.5. The van der Waals surface area contributed by atoms with Gasteiger partial charge in [0, 0.05) is 22.8 Å². The van der Waals surface area contributed by atoms with Crippen LogP contribution in [0.2, 0.25) is 0 Å². The van der Waals surface area contributed by atoms with Crippen LogP contribution in [-0.4, -0.2) is 40.0 Å². The zero-order chi connectivity index (χ0) is 24.4. The minimum absolute atomic E-state index is 0.174. The average molecular weight is 457 g/mol. The SMILES string of the molecule is CCOC(=O)c1c(C(c2ccc([N+](=O)[O-])o2)c2[nH]c(C)c(C)c2C(=O)OCC)[nH]c(C)c1C. The molecule has 176 valence electrons. The summed E-state index contributed by atoms with van der Waals surface area (Å²) in [5, 5.41) is 11.3. The molecule has 0 saturated carbocycles. The standard InChI is InChI=1S/C23H27N3O7/c1-7-31-22(27)17-11(3)13(5)24-20(17)19(15-9-10-16(33-15)26(29)30)21-18(23(28)32-8-2)12(4)14(6)25-21/h9-10,19,24-25H,7-8H2,1-6H3. The third kappa shape index (κ3) is 4.28. The summed E-state index contributed by atoms with van der Waals surface area (Å²) in [5.74, 6) is -2.22. The number of nitrogens with zero attached hydrogens (tertiary/aromatic N) is 1. The molecule has 3 aromatic heterocycles. The largest absolute Gasteiger partial charge is 0.462 e. The highest BCUT2D eigenvalue weighted by molar-refractivity contribution is 5.95. The van der Waals surface area contributed by atoms with E-state index in [1.54, 1.807) is 41.5 Å². The maximum Gasteiger partial charge on any atom is 0.433 e. The fourth-order valence-corrected chi connectivity index (χ4v) is 3.89. The van der Waals surface area contributed by atoms with Crippen molar-refractivity contribution in [2.24, 2.45) is 0 Å². The van der Waals surface area contributed by atoms with E-state index < -0.39 is 28.7 Å². The van der Waals surface area contributed by atoms with Gasteiger partial charge >= 0.3 is 17.8 Å². The number of carbonyl (C=O) groups is 2. The van der Waals surface area contributed by atoms with Gasteiger partial charge in [-0.2, -0.15) is 0 Å². The molecular weight excluding hydrogens is 430 g/mol. The van der Waals surface area contributed by atoms with Crippen molar-refractivity contribution in [2.75, 3.05) is 13.2 Å². The van der Waals surface area contributed by atoms with E-state index in [2.05, 4.69) is 9.97 Å². The van der Waals surface area contributed by atoms with Crippen molar-refractivity contribution in [1.29, 1.82) is 0 Å². The summed E-state index contributed by atoms with van der Waals surface area (Å²) in [6.45, 7) is 10.9. The number of esters is 2. The molecule has 0 aliphatic carbocycles. The van der Waals surface area contributed by atoms with Crippen molar-refractivity contribution in [3.05, 3.63) is 73.0 Å². The molecule has 10 nitrogen and oxygen atoms in total. The number of hydrogen-bond donors (Lipinski definition) is 2. The maximum absolute atomic E-state index is 12.9. The highest BCUT2D eigenvalue weighted by Gasteiger charge is 2.36. The van der Waals surface area contributed by atoms with Gasteiger partial charge in [-0.05, 0) is 58.7 Å². The molecule has 0 aromatic carbocycles. The number of rotatable bonds is 8. The number of nitrogens with one attached hydrogen (secondary N) is 2. The fraction of sp³-hybridized carbons (Fsp3) is 0.391. The second-order valence-electron chi connectivity index (χ2n) is 7.63. The average Bonchev–Trinajstić information content (AvgIpc) is 3.42. The molecule has 10 heteroatoms. The Morgan fingerprint density at radius 3 is 1.76 bits per heavy atom. The Kier molecular flexibility index (Phi) is 6.75. The number of aromatic amines is 2. The van der Waals surface area contributed by atoms with Gasteiger partial charge in [-0.25, -0.2) is 9.59 Å². The lowest BCUT2D eigenvalue weighted by atomic mass is 9.91. The summed E-state index contributed by atoms with van der Waals surface area (Å²) in [7, 11) is 0. The monoisotopic (exact) mass is 457 g/mol. The normalized spacial score (nSPS) is 11.1. The zero-order valence-corrected chi connectivity index (χ0v) is 19.5. The third-order valence-corrected chi connectivity index (χ3v) is 5.67. The molecule has 0 amide bonds. The van der Waals surface area contributed by atoms with E-state index in [-0.39, 0.29) is 30.1 Å². The fourth-order valence-electron chi connectivity index (χ4n) is 3.89. The summed E-state index contributed by atoms with van der Waals surface area (Å²) < 4.78 is 16.1. The molecule has 2 N–H and O–H groups in total. The van der Waals surface area contributed by atoms with Gasteiger partial charge in [0.1, 0.15) is 10.7 Å². The first kappa shape index (κ1) is 23.8. The molecule has 33 heavy (non-hydrogen) atoms. The first-order chi connectivity index (χ1) is 15.6. The van der Waals surface area contributed by atoms with Crippen LogP contribution in [0.25, 0.3) is 0 Å². The lowest BCUT2D eigenvalue weighted by Gasteiger charge is -2.17. The topological polar surface area (TPSA) is 140 Å². The van der Waals surface area contributed by atoms with Crippen LogP contribution in [0.4, 0.5) is 5.88 Å². The number of aromatic nitrogens is 2. The Labute approximate surface area is 190 Å². The smallest absolute Gasteiger partial charge is 0.433 e. The summed E-state index contributed by atoms with van der Waals surface area (Å²) in [5.41, 5.74) is 4.17. The molecule has 3 aromatic rings. The number of H-pyrrole nitrogens is 2. The van der Waals surface area contributed by atoms with Crippen molar-refractivity contribution in [3.8, 4) is 0 Å². The Morgan fingerprint density at radius 2 is 1.39 bits per heavy atom. The minimum Gasteiger partial charge on any atom is -0.462 e. The van der Waals surface area contributed by atoms with Gasteiger partial charge in [0.05, 0.1) is 36.3 Å². The summed E-state index contributed by atoms with van der Waals surface area (Å²) in [4.78, 5) is 42.9. The van der Waals surface area contributed by atoms with Crippen molar-refractivity contribution in [3.63, 3.8) is 0 Å². The van der Waals surface area contributed by atoms with Gasteiger partial charge in [-0.3, -0.25) is 10.1 Å². The lowest BCUT2D eigenvalue weighted by molar-refractivity contribution is -0.402. The van der Waals surface area contributed by atoms with Gasteiger partial charge in [-0.15, -0.1) is 0 Å². The summed E-state index contributed by atoms with van der Waals surface area (Å²) in [6, 6.07) is 2.70. The van der Waals surface area contributed by atoms with Crippen molar-refractivity contribution >= 4 is 17.8 Å². The first-order valence-corrected chi connectivity index (χ1v) is 10.6. The molecule has 0 aliphatic heterocycles. The molecule has 0 saturated heterocycles. The van der Waals surface area contributed by atoms with Crippen LogP contribution >= 0.6 is 0 Å². The van der Waals surface area contributed by atoms with E-state index in [0.29, 0.717) is 22.5 Å². The lowest BCUT2D eigenvalue weighted by Crippen LogP contribution is -2.16. The summed E-state index contributed by atoms with van der Waals surface area (Å²) in [6.07, 6.45) is 0. The molecule has 0 fully saturated rings. The van der Waals surface area contributed by atoms with Crippen LogP contribution in [0, 0.1) is 37.8 Å².